The van der Waals surface area contributed by atoms with Crippen molar-refractivity contribution in [2.45, 2.75) is 6.92 Å². The molecule has 0 aliphatic carbocycles. The number of pyridine rings is 1. The highest BCUT2D eigenvalue weighted by molar-refractivity contribution is 5.39. The van der Waals surface area contributed by atoms with Crippen molar-refractivity contribution in [1.29, 1.82) is 0 Å². The Kier molecular flexibility index (Phi) is 1.18. The number of imidazole rings is 1. The molecule has 56 valence electrons. The minimum absolute atomic E-state index is 0.247. The molecule has 0 aromatic carbocycles. The van der Waals surface area contributed by atoms with Gasteiger partial charge in [0.05, 0.1) is 5.69 Å². The van der Waals surface area contributed by atoms with E-state index < -0.39 is 0 Å². The molecule has 0 saturated carbocycles. The van der Waals surface area contributed by atoms with Gasteiger partial charge in [-0.15, -0.1) is 0 Å². The Morgan fingerprint density at radius 2 is 2.36 bits per heavy atom. The van der Waals surface area contributed by atoms with Gasteiger partial charge in [0, 0.05) is 18.5 Å². The largest absolute Gasteiger partial charge is 0.307 e. The Bertz CT molecular complexity index is 392. The van der Waals surface area contributed by atoms with E-state index >= 15 is 0 Å². The molecule has 0 saturated heterocycles. The van der Waals surface area contributed by atoms with Crippen LogP contribution >= 0.6 is 0 Å². The van der Waals surface area contributed by atoms with Crippen LogP contribution in [-0.2, 0) is 0 Å². The SMILES string of the molecule is Cc1cn2ccc(F)cc2n1. The highest BCUT2D eigenvalue weighted by atomic mass is 19.1. The summed E-state index contributed by atoms with van der Waals surface area (Å²) in [6.45, 7) is 1.88. The van der Waals surface area contributed by atoms with Crippen LogP contribution < -0.4 is 0 Å². The quantitative estimate of drug-likeness (QED) is 0.559. The summed E-state index contributed by atoms with van der Waals surface area (Å²) in [5, 5.41) is 0. The predicted molar refractivity (Wildman–Crippen MR) is 39.9 cm³/mol. The second kappa shape index (κ2) is 2.05. The fraction of sp³-hybridized carbons (Fsp3) is 0.125. The van der Waals surface area contributed by atoms with Gasteiger partial charge in [-0.3, -0.25) is 0 Å². The summed E-state index contributed by atoms with van der Waals surface area (Å²) >= 11 is 0. The lowest BCUT2D eigenvalue weighted by atomic mass is 10.4. The molecule has 2 rings (SSSR count). The molecular weight excluding hydrogens is 143 g/mol. The first kappa shape index (κ1) is 6.34. The highest BCUT2D eigenvalue weighted by Crippen LogP contribution is 2.05. The summed E-state index contributed by atoms with van der Waals surface area (Å²) in [6.07, 6.45) is 3.51. The van der Waals surface area contributed by atoms with Crippen LogP contribution in [0.1, 0.15) is 5.69 Å². The van der Waals surface area contributed by atoms with E-state index in [1.807, 2.05) is 13.1 Å². The average molecular weight is 150 g/mol. The van der Waals surface area contributed by atoms with E-state index in [1.165, 1.54) is 12.1 Å². The summed E-state index contributed by atoms with van der Waals surface area (Å²) in [5.74, 6) is -0.247. The van der Waals surface area contributed by atoms with E-state index in [-0.39, 0.29) is 5.82 Å². The second-order valence-electron chi connectivity index (χ2n) is 2.49. The van der Waals surface area contributed by atoms with Gasteiger partial charge in [0.1, 0.15) is 11.5 Å². The van der Waals surface area contributed by atoms with Crippen LogP contribution in [0.2, 0.25) is 0 Å². The van der Waals surface area contributed by atoms with Crippen molar-refractivity contribution in [3.63, 3.8) is 0 Å². The van der Waals surface area contributed by atoms with Gasteiger partial charge in [0.2, 0.25) is 0 Å². The molecule has 2 nitrogen and oxygen atoms in total. The molecule has 0 amide bonds. The smallest absolute Gasteiger partial charge is 0.139 e. The monoisotopic (exact) mass is 150 g/mol. The van der Waals surface area contributed by atoms with E-state index in [0.717, 1.165) is 5.69 Å². The van der Waals surface area contributed by atoms with Crippen LogP contribution in [-0.4, -0.2) is 9.38 Å². The zero-order valence-corrected chi connectivity index (χ0v) is 6.08. The first-order chi connectivity index (χ1) is 5.25. The van der Waals surface area contributed by atoms with Gasteiger partial charge in [0.25, 0.3) is 0 Å². The first-order valence-electron chi connectivity index (χ1n) is 3.36. The van der Waals surface area contributed by atoms with E-state index in [4.69, 9.17) is 0 Å². The topological polar surface area (TPSA) is 17.3 Å². The zero-order chi connectivity index (χ0) is 7.84. The molecule has 3 heteroatoms. The third-order valence-corrected chi connectivity index (χ3v) is 1.54. The fourth-order valence-corrected chi connectivity index (χ4v) is 1.08. The van der Waals surface area contributed by atoms with Gasteiger partial charge < -0.3 is 4.40 Å². The maximum atomic E-state index is 12.6. The average Bonchev–Trinajstić information content (AvgIpc) is 2.27. The van der Waals surface area contributed by atoms with Crippen molar-refractivity contribution < 1.29 is 4.39 Å². The van der Waals surface area contributed by atoms with Crippen LogP contribution in [0, 0.1) is 12.7 Å². The number of nitrogens with zero attached hydrogens (tertiary/aromatic N) is 2. The predicted octanol–water partition coefficient (Wildman–Crippen LogP) is 1.78. The van der Waals surface area contributed by atoms with Crippen molar-refractivity contribution in [3.05, 3.63) is 36.0 Å². The third-order valence-electron chi connectivity index (χ3n) is 1.54. The minimum Gasteiger partial charge on any atom is -0.307 e. The van der Waals surface area contributed by atoms with E-state index in [0.29, 0.717) is 5.65 Å². The number of aromatic nitrogens is 2. The molecule has 0 aliphatic heterocycles. The van der Waals surface area contributed by atoms with Crippen molar-refractivity contribution in [3.8, 4) is 0 Å². The molecular formula is C8H7FN2. The molecule has 0 spiro atoms. The van der Waals surface area contributed by atoms with Gasteiger partial charge >= 0.3 is 0 Å². The standard InChI is InChI=1S/C8H7FN2/c1-6-5-11-3-2-7(9)4-8(11)10-6/h2-5H,1H3. The zero-order valence-electron chi connectivity index (χ0n) is 6.08. The van der Waals surface area contributed by atoms with E-state index in [2.05, 4.69) is 4.98 Å². The molecule has 0 atom stereocenters. The van der Waals surface area contributed by atoms with Crippen LogP contribution in [0.4, 0.5) is 4.39 Å². The lowest BCUT2D eigenvalue weighted by Gasteiger charge is -1.90. The highest BCUT2D eigenvalue weighted by Gasteiger charge is 1.97. The van der Waals surface area contributed by atoms with Crippen LogP contribution in [0.15, 0.2) is 24.5 Å². The van der Waals surface area contributed by atoms with Crippen molar-refractivity contribution in [1.82, 2.24) is 9.38 Å². The van der Waals surface area contributed by atoms with Gasteiger partial charge in [-0.1, -0.05) is 0 Å². The molecule has 0 radical (unpaired) electrons. The fourth-order valence-electron chi connectivity index (χ4n) is 1.08. The number of rotatable bonds is 0. The Morgan fingerprint density at radius 1 is 1.55 bits per heavy atom. The van der Waals surface area contributed by atoms with Crippen LogP contribution in [0.3, 0.4) is 0 Å². The van der Waals surface area contributed by atoms with Crippen molar-refractivity contribution >= 4 is 5.65 Å². The minimum atomic E-state index is -0.247. The third kappa shape index (κ3) is 0.981. The number of hydrogen-bond donors (Lipinski definition) is 0. The summed E-state index contributed by atoms with van der Waals surface area (Å²) in [7, 11) is 0. The maximum absolute atomic E-state index is 12.6. The molecule has 0 aliphatic rings. The normalized spacial score (nSPS) is 10.7. The lowest BCUT2D eigenvalue weighted by molar-refractivity contribution is 0.626. The number of halogens is 1. The van der Waals surface area contributed by atoms with Gasteiger partial charge in [-0.25, -0.2) is 9.37 Å². The van der Waals surface area contributed by atoms with Crippen molar-refractivity contribution in [2.24, 2.45) is 0 Å². The van der Waals surface area contributed by atoms with E-state index in [1.54, 1.807) is 10.6 Å². The van der Waals surface area contributed by atoms with Gasteiger partial charge in [0.15, 0.2) is 0 Å². The number of hydrogen-bond acceptors (Lipinski definition) is 1. The number of fused-ring (bicyclic) bond motifs is 1. The molecule has 0 fully saturated rings. The molecule has 11 heavy (non-hydrogen) atoms. The number of aryl methyl sites for hydroxylation is 1. The lowest BCUT2D eigenvalue weighted by Crippen LogP contribution is -1.82. The van der Waals surface area contributed by atoms with Crippen LogP contribution in [0.25, 0.3) is 5.65 Å². The Balaban J connectivity index is 2.82. The Morgan fingerprint density at radius 3 is 3.18 bits per heavy atom. The summed E-state index contributed by atoms with van der Waals surface area (Å²) in [4.78, 5) is 4.10. The molecule has 2 aromatic heterocycles. The van der Waals surface area contributed by atoms with Crippen molar-refractivity contribution in [2.75, 3.05) is 0 Å². The summed E-state index contributed by atoms with van der Waals surface area (Å²) in [5.41, 5.74) is 1.55. The van der Waals surface area contributed by atoms with E-state index in [9.17, 15) is 4.39 Å². The summed E-state index contributed by atoms with van der Waals surface area (Å²) < 4.78 is 14.4. The Labute approximate surface area is 63.3 Å². The van der Waals surface area contributed by atoms with Gasteiger partial charge in [-0.05, 0) is 13.0 Å². The Hall–Kier alpha value is -1.38. The first-order valence-corrected chi connectivity index (χ1v) is 3.36. The molecule has 0 bridgehead atoms. The maximum Gasteiger partial charge on any atom is 0.139 e. The van der Waals surface area contributed by atoms with Crippen LogP contribution in [0.5, 0.6) is 0 Å². The summed E-state index contributed by atoms with van der Waals surface area (Å²) in [6, 6.07) is 2.82. The molecule has 0 N–H and O–H groups in total. The second-order valence-corrected chi connectivity index (χ2v) is 2.49. The van der Waals surface area contributed by atoms with Gasteiger partial charge in [-0.2, -0.15) is 0 Å². The molecule has 2 aromatic rings. The molecule has 0 unspecified atom stereocenters. The molecule has 2 heterocycles.